The average Bonchev–Trinajstić information content (AvgIpc) is 2.40. The first-order chi connectivity index (χ1) is 9.96. The summed E-state index contributed by atoms with van der Waals surface area (Å²) in [5.41, 5.74) is 4.10. The molecule has 1 aliphatic carbocycles. The van der Waals surface area contributed by atoms with Gasteiger partial charge in [0.2, 0.25) is 14.8 Å². The standard InChI is InChI=1S/C13H14F5NO2S.ClH/c14-9-5-8(13(16,17)18)6-11(7-9)22(20,21)12(15)3-1-10(19)2-4-12;/h5-7,10H,1-4,19H2;1H/t10-,12+;. The van der Waals surface area contributed by atoms with Crippen molar-refractivity contribution in [1.29, 1.82) is 0 Å². The van der Waals surface area contributed by atoms with E-state index in [4.69, 9.17) is 5.73 Å². The highest BCUT2D eigenvalue weighted by molar-refractivity contribution is 7.92. The van der Waals surface area contributed by atoms with E-state index in [-0.39, 0.29) is 43.4 Å². The fourth-order valence-corrected chi connectivity index (χ4v) is 4.18. The van der Waals surface area contributed by atoms with Gasteiger partial charge in [-0.15, -0.1) is 12.4 Å². The van der Waals surface area contributed by atoms with Crippen LogP contribution in [0.25, 0.3) is 0 Å². The zero-order chi connectivity index (χ0) is 16.8. The van der Waals surface area contributed by atoms with Crippen molar-refractivity contribution in [2.75, 3.05) is 0 Å². The van der Waals surface area contributed by atoms with Gasteiger partial charge in [-0.3, -0.25) is 0 Å². The van der Waals surface area contributed by atoms with Crippen molar-refractivity contribution in [3.05, 3.63) is 29.6 Å². The molecule has 0 aromatic heterocycles. The van der Waals surface area contributed by atoms with E-state index in [1.807, 2.05) is 0 Å². The van der Waals surface area contributed by atoms with E-state index in [1.165, 1.54) is 0 Å². The Kier molecular flexibility index (Phi) is 5.71. The van der Waals surface area contributed by atoms with Gasteiger partial charge in [0.25, 0.3) is 0 Å². The van der Waals surface area contributed by atoms with Crippen LogP contribution < -0.4 is 5.73 Å². The van der Waals surface area contributed by atoms with Crippen LogP contribution in [0.15, 0.2) is 23.1 Å². The monoisotopic (exact) mass is 379 g/mol. The molecule has 10 heteroatoms. The Morgan fingerprint density at radius 2 is 1.65 bits per heavy atom. The summed E-state index contributed by atoms with van der Waals surface area (Å²) in [7, 11) is -4.75. The van der Waals surface area contributed by atoms with Gasteiger partial charge in [0, 0.05) is 6.04 Å². The molecule has 1 aromatic carbocycles. The summed E-state index contributed by atoms with van der Waals surface area (Å²) < 4.78 is 90.6. The van der Waals surface area contributed by atoms with Crippen LogP contribution in [0.3, 0.4) is 0 Å². The van der Waals surface area contributed by atoms with Crippen molar-refractivity contribution in [2.24, 2.45) is 5.73 Å². The second-order valence-corrected chi connectivity index (χ2v) is 7.61. The van der Waals surface area contributed by atoms with Crippen LogP contribution >= 0.6 is 12.4 Å². The molecular weight excluding hydrogens is 365 g/mol. The molecule has 0 aliphatic heterocycles. The molecule has 3 nitrogen and oxygen atoms in total. The number of alkyl halides is 4. The van der Waals surface area contributed by atoms with E-state index < -0.39 is 50.1 Å². The molecule has 0 saturated heterocycles. The molecule has 132 valence electrons. The van der Waals surface area contributed by atoms with Gasteiger partial charge >= 0.3 is 6.18 Å². The van der Waals surface area contributed by atoms with E-state index in [1.54, 1.807) is 0 Å². The minimum Gasteiger partial charge on any atom is -0.328 e. The van der Waals surface area contributed by atoms with Crippen LogP contribution in [0, 0.1) is 5.82 Å². The lowest BCUT2D eigenvalue weighted by atomic mass is 9.94. The molecule has 0 radical (unpaired) electrons. The van der Waals surface area contributed by atoms with E-state index in [0.717, 1.165) is 0 Å². The van der Waals surface area contributed by atoms with Crippen LogP contribution in [-0.2, 0) is 16.0 Å². The Morgan fingerprint density at radius 3 is 2.13 bits per heavy atom. The third-order valence-electron chi connectivity index (χ3n) is 3.77. The Hall–Kier alpha value is -0.930. The number of sulfone groups is 1. The number of benzene rings is 1. The minimum absolute atomic E-state index is 0. The van der Waals surface area contributed by atoms with Crippen LogP contribution in [-0.4, -0.2) is 19.5 Å². The number of nitrogens with two attached hydrogens (primary N) is 1. The molecule has 0 heterocycles. The van der Waals surface area contributed by atoms with Gasteiger partial charge in [0.1, 0.15) is 5.82 Å². The molecule has 0 bridgehead atoms. The SMILES string of the molecule is Cl.N[C@H]1CC[C@@](F)(S(=O)(=O)c2cc(F)cc(C(F)(F)F)c2)CC1. The van der Waals surface area contributed by atoms with Crippen LogP contribution in [0.1, 0.15) is 31.2 Å². The van der Waals surface area contributed by atoms with E-state index in [9.17, 15) is 30.4 Å². The molecule has 0 unspecified atom stereocenters. The number of halogens is 6. The van der Waals surface area contributed by atoms with Crippen molar-refractivity contribution in [2.45, 2.75) is 47.8 Å². The first kappa shape index (κ1) is 20.1. The normalized spacial score (nSPS) is 25.7. The lowest BCUT2D eigenvalue weighted by Crippen LogP contribution is -2.41. The maximum atomic E-state index is 14.7. The summed E-state index contributed by atoms with van der Waals surface area (Å²) in [6.07, 6.45) is -5.58. The van der Waals surface area contributed by atoms with Gasteiger partial charge < -0.3 is 5.73 Å². The summed E-state index contributed by atoms with van der Waals surface area (Å²) >= 11 is 0. The van der Waals surface area contributed by atoms with E-state index in [2.05, 4.69) is 0 Å². The van der Waals surface area contributed by atoms with Gasteiger partial charge in [-0.2, -0.15) is 13.2 Å². The van der Waals surface area contributed by atoms with Crippen LogP contribution in [0.4, 0.5) is 22.0 Å². The Morgan fingerprint density at radius 1 is 1.13 bits per heavy atom. The molecule has 0 spiro atoms. The third kappa shape index (κ3) is 3.95. The highest BCUT2D eigenvalue weighted by atomic mass is 35.5. The Labute approximate surface area is 136 Å². The first-order valence-electron chi connectivity index (χ1n) is 6.53. The highest BCUT2D eigenvalue weighted by Gasteiger charge is 2.48. The lowest BCUT2D eigenvalue weighted by Gasteiger charge is -2.32. The fourth-order valence-electron chi connectivity index (χ4n) is 2.43. The molecule has 1 saturated carbocycles. The molecule has 2 N–H and O–H groups in total. The second kappa shape index (κ2) is 6.52. The topological polar surface area (TPSA) is 60.2 Å². The smallest absolute Gasteiger partial charge is 0.328 e. The maximum absolute atomic E-state index is 14.7. The summed E-state index contributed by atoms with van der Waals surface area (Å²) in [5, 5.41) is -2.72. The number of hydrogen-bond donors (Lipinski definition) is 1. The van der Waals surface area contributed by atoms with Crippen molar-refractivity contribution < 1.29 is 30.4 Å². The van der Waals surface area contributed by atoms with Crippen LogP contribution in [0.2, 0.25) is 0 Å². The molecular formula is C13H15ClF5NO2S. The molecule has 2 rings (SSSR count). The van der Waals surface area contributed by atoms with E-state index >= 15 is 0 Å². The van der Waals surface area contributed by atoms with Crippen molar-refractivity contribution in [3.63, 3.8) is 0 Å². The van der Waals surface area contributed by atoms with Gasteiger partial charge in [-0.1, -0.05) is 0 Å². The predicted molar refractivity (Wildman–Crippen MR) is 76.1 cm³/mol. The molecule has 23 heavy (non-hydrogen) atoms. The first-order valence-corrected chi connectivity index (χ1v) is 8.01. The summed E-state index contributed by atoms with van der Waals surface area (Å²) in [6, 6.07) is 0.479. The number of hydrogen-bond acceptors (Lipinski definition) is 3. The Balaban J connectivity index is 0.00000264. The molecule has 0 atom stereocenters. The second-order valence-electron chi connectivity index (χ2n) is 5.40. The lowest BCUT2D eigenvalue weighted by molar-refractivity contribution is -0.137. The summed E-state index contributed by atoms with van der Waals surface area (Å²) in [5.74, 6) is -1.38. The van der Waals surface area contributed by atoms with Crippen molar-refractivity contribution in [3.8, 4) is 0 Å². The zero-order valence-corrected chi connectivity index (χ0v) is 13.4. The van der Waals surface area contributed by atoms with Gasteiger partial charge in [-0.05, 0) is 43.9 Å². The fraction of sp³-hybridized carbons (Fsp3) is 0.538. The van der Waals surface area contributed by atoms with Gasteiger partial charge in [-0.25, -0.2) is 17.2 Å². The van der Waals surface area contributed by atoms with Gasteiger partial charge in [0.15, 0.2) is 0 Å². The maximum Gasteiger partial charge on any atom is 0.416 e. The summed E-state index contributed by atoms with van der Waals surface area (Å²) in [4.78, 5) is -1.00. The Bertz CT molecular complexity index is 669. The minimum atomic E-state index is -4.93. The quantitative estimate of drug-likeness (QED) is 0.798. The molecule has 1 aliphatic rings. The van der Waals surface area contributed by atoms with Crippen molar-refractivity contribution in [1.82, 2.24) is 0 Å². The van der Waals surface area contributed by atoms with Crippen LogP contribution in [0.5, 0.6) is 0 Å². The number of rotatable bonds is 2. The molecule has 1 fully saturated rings. The predicted octanol–water partition coefficient (Wildman–Crippen LogP) is 3.61. The van der Waals surface area contributed by atoms with E-state index in [0.29, 0.717) is 6.07 Å². The van der Waals surface area contributed by atoms with Gasteiger partial charge in [0.05, 0.1) is 10.5 Å². The third-order valence-corrected chi connectivity index (χ3v) is 6.00. The van der Waals surface area contributed by atoms with Crippen molar-refractivity contribution >= 4 is 22.2 Å². The zero-order valence-electron chi connectivity index (χ0n) is 11.7. The highest BCUT2D eigenvalue weighted by Crippen LogP contribution is 2.41. The summed E-state index contributed by atoms with van der Waals surface area (Å²) in [6.45, 7) is 0. The molecule has 0 amide bonds. The largest absolute Gasteiger partial charge is 0.416 e. The molecule has 1 aromatic rings. The average molecular weight is 380 g/mol.